The van der Waals surface area contributed by atoms with Crippen LogP contribution in [-0.4, -0.2) is 35.0 Å². The van der Waals surface area contributed by atoms with Gasteiger partial charge in [0.15, 0.2) is 5.17 Å². The molecule has 68 valence electrons. The van der Waals surface area contributed by atoms with Gasteiger partial charge in [0, 0.05) is 24.1 Å². The Morgan fingerprint density at radius 1 is 1.42 bits per heavy atom. The summed E-state index contributed by atoms with van der Waals surface area (Å²) in [4.78, 5) is 4.45. The fourth-order valence-electron chi connectivity index (χ4n) is 1.37. The second kappa shape index (κ2) is 4.42. The molecule has 0 radical (unpaired) electrons. The van der Waals surface area contributed by atoms with E-state index < -0.39 is 0 Å². The third-order valence-corrected chi connectivity index (χ3v) is 4.23. The van der Waals surface area contributed by atoms with E-state index in [-0.39, 0.29) is 0 Å². The van der Waals surface area contributed by atoms with Crippen LogP contribution in [0, 0.1) is 0 Å². The fraction of sp³-hybridized carbons (Fsp3) is 0.875. The molecule has 1 N–H and O–H groups in total. The number of rotatable bonds is 1. The van der Waals surface area contributed by atoms with Crippen LogP contribution in [0.3, 0.4) is 0 Å². The maximum Gasteiger partial charge on any atom is 0.156 e. The van der Waals surface area contributed by atoms with Crippen molar-refractivity contribution in [2.75, 3.05) is 23.8 Å². The quantitative estimate of drug-likeness (QED) is 0.698. The number of nitrogens with zero attached hydrogens (tertiary/aromatic N) is 1. The number of hydrogen-bond acceptors (Lipinski definition) is 4. The molecule has 2 heterocycles. The standard InChI is InChI=1S/C8H14N2S2/c1-3-9-8(12-4-1)10-7-2-5-11-6-7/h7H,1-6H2,(H,9,10). The predicted molar refractivity (Wildman–Crippen MR) is 58.2 cm³/mol. The lowest BCUT2D eigenvalue weighted by molar-refractivity contribution is 0.680. The molecule has 4 heteroatoms. The summed E-state index contributed by atoms with van der Waals surface area (Å²) >= 11 is 3.92. The van der Waals surface area contributed by atoms with Gasteiger partial charge in [-0.2, -0.15) is 11.8 Å². The zero-order valence-electron chi connectivity index (χ0n) is 7.08. The third-order valence-electron chi connectivity index (χ3n) is 2.05. The average Bonchev–Trinajstić information content (AvgIpc) is 2.59. The molecule has 2 aliphatic rings. The zero-order valence-corrected chi connectivity index (χ0v) is 8.72. The largest absolute Gasteiger partial charge is 0.361 e. The molecular formula is C8H14N2S2. The average molecular weight is 202 g/mol. The predicted octanol–water partition coefficient (Wildman–Crippen LogP) is 1.57. The molecule has 2 rings (SSSR count). The van der Waals surface area contributed by atoms with E-state index in [9.17, 15) is 0 Å². The molecule has 0 amide bonds. The van der Waals surface area contributed by atoms with Crippen LogP contribution < -0.4 is 5.32 Å². The van der Waals surface area contributed by atoms with Gasteiger partial charge in [0.05, 0.1) is 0 Å². The van der Waals surface area contributed by atoms with E-state index in [1.807, 2.05) is 23.5 Å². The Labute approximate surface area is 82.0 Å². The molecule has 0 aromatic heterocycles. The van der Waals surface area contributed by atoms with E-state index in [2.05, 4.69) is 10.3 Å². The highest BCUT2D eigenvalue weighted by Gasteiger charge is 2.17. The third kappa shape index (κ3) is 2.33. The summed E-state index contributed by atoms with van der Waals surface area (Å²) < 4.78 is 0. The number of thioether (sulfide) groups is 2. The van der Waals surface area contributed by atoms with Crippen molar-refractivity contribution in [3.05, 3.63) is 0 Å². The highest BCUT2D eigenvalue weighted by atomic mass is 32.2. The van der Waals surface area contributed by atoms with E-state index in [0.29, 0.717) is 6.04 Å². The molecule has 2 aliphatic heterocycles. The first-order chi connectivity index (χ1) is 5.95. The van der Waals surface area contributed by atoms with Gasteiger partial charge in [0.2, 0.25) is 0 Å². The number of hydrogen-bond donors (Lipinski definition) is 1. The molecule has 12 heavy (non-hydrogen) atoms. The Hall–Kier alpha value is 0.170. The Kier molecular flexibility index (Phi) is 3.22. The van der Waals surface area contributed by atoms with E-state index in [0.717, 1.165) is 6.54 Å². The maximum absolute atomic E-state index is 4.45. The van der Waals surface area contributed by atoms with Crippen molar-refractivity contribution < 1.29 is 0 Å². The van der Waals surface area contributed by atoms with Crippen LogP contribution in [0.2, 0.25) is 0 Å². The first-order valence-electron chi connectivity index (χ1n) is 4.47. The Bertz CT molecular complexity index is 176. The van der Waals surface area contributed by atoms with Crippen LogP contribution in [0.15, 0.2) is 4.99 Å². The summed E-state index contributed by atoms with van der Waals surface area (Å²) in [5, 5.41) is 4.70. The smallest absolute Gasteiger partial charge is 0.156 e. The van der Waals surface area contributed by atoms with Crippen LogP contribution in [0.25, 0.3) is 0 Å². The fourth-order valence-corrected chi connectivity index (χ4v) is 3.42. The van der Waals surface area contributed by atoms with Gasteiger partial charge in [-0.05, 0) is 18.6 Å². The van der Waals surface area contributed by atoms with Crippen LogP contribution in [-0.2, 0) is 0 Å². The highest BCUT2D eigenvalue weighted by Crippen LogP contribution is 2.19. The van der Waals surface area contributed by atoms with Gasteiger partial charge >= 0.3 is 0 Å². The molecule has 0 spiro atoms. The minimum absolute atomic E-state index is 0.694. The van der Waals surface area contributed by atoms with Gasteiger partial charge in [-0.1, -0.05) is 11.8 Å². The van der Waals surface area contributed by atoms with E-state index in [4.69, 9.17) is 0 Å². The lowest BCUT2D eigenvalue weighted by atomic mass is 10.3. The molecule has 1 unspecified atom stereocenters. The summed E-state index contributed by atoms with van der Waals surface area (Å²) in [6.45, 7) is 1.02. The molecule has 1 saturated heterocycles. The molecule has 0 bridgehead atoms. The van der Waals surface area contributed by atoms with E-state index >= 15 is 0 Å². The summed E-state index contributed by atoms with van der Waals surface area (Å²) in [6.07, 6.45) is 2.56. The maximum atomic E-state index is 4.45. The first-order valence-corrected chi connectivity index (χ1v) is 6.61. The van der Waals surface area contributed by atoms with Crippen LogP contribution in [0.5, 0.6) is 0 Å². The summed E-state index contributed by atoms with van der Waals surface area (Å²) in [5.74, 6) is 3.82. The van der Waals surface area contributed by atoms with E-state index in [1.165, 1.54) is 35.3 Å². The Balaban J connectivity index is 1.80. The second-order valence-corrected chi connectivity index (χ2v) is 5.33. The minimum Gasteiger partial charge on any atom is -0.361 e. The zero-order chi connectivity index (χ0) is 8.23. The molecule has 1 atom stereocenters. The molecule has 2 nitrogen and oxygen atoms in total. The van der Waals surface area contributed by atoms with Crippen molar-refractivity contribution >= 4 is 28.7 Å². The molecule has 0 saturated carbocycles. The topological polar surface area (TPSA) is 24.4 Å². The summed E-state index contributed by atoms with van der Waals surface area (Å²) in [7, 11) is 0. The first kappa shape index (κ1) is 8.75. The van der Waals surface area contributed by atoms with Crippen molar-refractivity contribution in [1.82, 2.24) is 5.32 Å². The number of nitrogens with one attached hydrogen (secondary N) is 1. The summed E-state index contributed by atoms with van der Waals surface area (Å²) in [5.41, 5.74) is 0. The van der Waals surface area contributed by atoms with E-state index in [1.54, 1.807) is 0 Å². The van der Waals surface area contributed by atoms with Gasteiger partial charge in [-0.15, -0.1) is 0 Å². The van der Waals surface area contributed by atoms with Gasteiger partial charge in [-0.3, -0.25) is 4.99 Å². The van der Waals surface area contributed by atoms with Crippen molar-refractivity contribution in [2.45, 2.75) is 18.9 Å². The van der Waals surface area contributed by atoms with Crippen molar-refractivity contribution in [2.24, 2.45) is 4.99 Å². The number of aliphatic imine (C=N–C) groups is 1. The van der Waals surface area contributed by atoms with Crippen LogP contribution in [0.1, 0.15) is 12.8 Å². The molecule has 0 aromatic carbocycles. The van der Waals surface area contributed by atoms with Gasteiger partial charge in [0.1, 0.15) is 0 Å². The molecule has 0 aromatic rings. The number of amidine groups is 1. The Morgan fingerprint density at radius 3 is 3.08 bits per heavy atom. The molecular weight excluding hydrogens is 188 g/mol. The monoisotopic (exact) mass is 202 g/mol. The van der Waals surface area contributed by atoms with Crippen LogP contribution in [0.4, 0.5) is 0 Å². The molecule has 0 aliphatic carbocycles. The SMILES string of the molecule is C1CN=C(NC2CCSC2)SC1. The Morgan fingerprint density at radius 2 is 2.42 bits per heavy atom. The summed E-state index contributed by atoms with van der Waals surface area (Å²) in [6, 6.07) is 0.694. The minimum atomic E-state index is 0.694. The van der Waals surface area contributed by atoms with Crippen molar-refractivity contribution in [1.29, 1.82) is 0 Å². The van der Waals surface area contributed by atoms with Gasteiger partial charge in [0.25, 0.3) is 0 Å². The van der Waals surface area contributed by atoms with Crippen molar-refractivity contribution in [3.8, 4) is 0 Å². The van der Waals surface area contributed by atoms with Gasteiger partial charge < -0.3 is 5.32 Å². The molecule has 1 fully saturated rings. The second-order valence-electron chi connectivity index (χ2n) is 3.09. The normalized spacial score (nSPS) is 30.0. The van der Waals surface area contributed by atoms with Gasteiger partial charge in [-0.25, -0.2) is 0 Å². The van der Waals surface area contributed by atoms with Crippen molar-refractivity contribution in [3.63, 3.8) is 0 Å². The lowest BCUT2D eigenvalue weighted by Crippen LogP contribution is -2.34. The lowest BCUT2D eigenvalue weighted by Gasteiger charge is -2.17. The van der Waals surface area contributed by atoms with Crippen LogP contribution >= 0.6 is 23.5 Å². The highest BCUT2D eigenvalue weighted by molar-refractivity contribution is 8.13.